The third kappa shape index (κ3) is 2.64. The molecule has 0 atom stereocenters. The van der Waals surface area contributed by atoms with Gasteiger partial charge in [0.25, 0.3) is 0 Å². The third-order valence-corrected chi connectivity index (χ3v) is 4.50. The number of thiazole rings is 1. The smallest absolute Gasteiger partial charge is 0.184 e. The number of fused-ring (bicyclic) bond motifs is 1. The van der Waals surface area contributed by atoms with Crippen LogP contribution in [0.15, 0.2) is 18.2 Å². The number of aromatic nitrogens is 1. The van der Waals surface area contributed by atoms with E-state index in [1.165, 1.54) is 50.7 Å². The van der Waals surface area contributed by atoms with E-state index in [2.05, 4.69) is 10.3 Å². The largest absolute Gasteiger partial charge is 0.359 e. The summed E-state index contributed by atoms with van der Waals surface area (Å²) in [5.41, 5.74) is 0.760. The summed E-state index contributed by atoms with van der Waals surface area (Å²) >= 11 is 1.62. The van der Waals surface area contributed by atoms with Crippen molar-refractivity contribution < 1.29 is 4.39 Å². The first-order chi connectivity index (χ1) is 8.81. The number of hydrogen-bond donors (Lipinski definition) is 1. The Labute approximate surface area is 110 Å². The predicted octanol–water partition coefficient (Wildman–Crippen LogP) is 4.57. The minimum Gasteiger partial charge on any atom is -0.359 e. The van der Waals surface area contributed by atoms with Crippen molar-refractivity contribution >= 4 is 26.7 Å². The number of anilines is 1. The van der Waals surface area contributed by atoms with Crippen LogP contribution in [0.5, 0.6) is 0 Å². The molecule has 1 heterocycles. The van der Waals surface area contributed by atoms with Gasteiger partial charge in [0.1, 0.15) is 5.82 Å². The molecule has 1 aromatic carbocycles. The maximum Gasteiger partial charge on any atom is 0.184 e. The quantitative estimate of drug-likeness (QED) is 0.804. The number of rotatable bonds is 2. The van der Waals surface area contributed by atoms with Crippen LogP contribution < -0.4 is 5.32 Å². The van der Waals surface area contributed by atoms with Crippen LogP contribution in [0.4, 0.5) is 9.52 Å². The molecule has 1 aliphatic carbocycles. The molecule has 18 heavy (non-hydrogen) atoms. The van der Waals surface area contributed by atoms with Crippen molar-refractivity contribution in [1.82, 2.24) is 4.98 Å². The summed E-state index contributed by atoms with van der Waals surface area (Å²) in [6, 6.07) is 5.35. The van der Waals surface area contributed by atoms with Crippen molar-refractivity contribution in [3.8, 4) is 0 Å². The molecule has 1 aromatic heterocycles. The Hall–Kier alpha value is -1.16. The molecule has 1 aliphatic rings. The van der Waals surface area contributed by atoms with Crippen molar-refractivity contribution in [1.29, 1.82) is 0 Å². The second-order valence-corrected chi connectivity index (χ2v) is 5.99. The fourth-order valence-corrected chi connectivity index (χ4v) is 3.48. The van der Waals surface area contributed by atoms with Gasteiger partial charge < -0.3 is 5.32 Å². The van der Waals surface area contributed by atoms with Gasteiger partial charge in [-0.3, -0.25) is 0 Å². The summed E-state index contributed by atoms with van der Waals surface area (Å²) in [6.07, 6.45) is 7.76. The maximum absolute atomic E-state index is 13.1. The molecule has 0 spiro atoms. The zero-order valence-electron chi connectivity index (χ0n) is 10.3. The molecule has 1 N–H and O–H groups in total. The average molecular weight is 264 g/mol. The first-order valence-corrected chi connectivity index (χ1v) is 7.45. The van der Waals surface area contributed by atoms with Gasteiger partial charge in [-0.05, 0) is 25.0 Å². The highest BCUT2D eigenvalue weighted by molar-refractivity contribution is 7.22. The van der Waals surface area contributed by atoms with Gasteiger partial charge in [0.05, 0.1) is 10.2 Å². The minimum absolute atomic E-state index is 0.214. The number of halogens is 1. The lowest BCUT2D eigenvalue weighted by Crippen LogP contribution is -2.17. The molecule has 4 heteroatoms. The van der Waals surface area contributed by atoms with E-state index >= 15 is 0 Å². The standard InChI is InChI=1S/C14H17FN2S/c15-10-7-8-13-12(9-10)17-14(18-13)16-11-5-3-1-2-4-6-11/h7-9,11H,1-6H2,(H,16,17). The molecule has 2 nitrogen and oxygen atoms in total. The fourth-order valence-electron chi connectivity index (χ4n) is 2.56. The molecule has 0 aliphatic heterocycles. The first kappa shape index (κ1) is 11.9. The third-order valence-electron chi connectivity index (χ3n) is 3.53. The number of hydrogen-bond acceptors (Lipinski definition) is 3. The summed E-state index contributed by atoms with van der Waals surface area (Å²) in [6.45, 7) is 0. The molecular weight excluding hydrogens is 247 g/mol. The van der Waals surface area contributed by atoms with Gasteiger partial charge in [0, 0.05) is 12.1 Å². The van der Waals surface area contributed by atoms with Crippen molar-refractivity contribution in [2.24, 2.45) is 0 Å². The number of nitrogens with one attached hydrogen (secondary N) is 1. The molecule has 2 aromatic rings. The van der Waals surface area contributed by atoms with E-state index in [1.807, 2.05) is 0 Å². The Morgan fingerprint density at radius 3 is 2.72 bits per heavy atom. The van der Waals surface area contributed by atoms with Crippen molar-refractivity contribution in [3.63, 3.8) is 0 Å². The van der Waals surface area contributed by atoms with Crippen LogP contribution in [0.3, 0.4) is 0 Å². The SMILES string of the molecule is Fc1ccc2sc(NC3CCCCCC3)nc2c1. The average Bonchev–Trinajstić information content (AvgIpc) is 2.57. The highest BCUT2D eigenvalue weighted by Gasteiger charge is 2.14. The van der Waals surface area contributed by atoms with Crippen molar-refractivity contribution in [3.05, 3.63) is 24.0 Å². The Morgan fingerprint density at radius 1 is 1.17 bits per heavy atom. The van der Waals surface area contributed by atoms with E-state index in [0.29, 0.717) is 6.04 Å². The van der Waals surface area contributed by atoms with Crippen LogP contribution in [0, 0.1) is 5.82 Å². The van der Waals surface area contributed by atoms with E-state index in [1.54, 1.807) is 17.4 Å². The maximum atomic E-state index is 13.1. The number of nitrogens with zero attached hydrogens (tertiary/aromatic N) is 1. The normalized spacial score (nSPS) is 17.8. The van der Waals surface area contributed by atoms with E-state index < -0.39 is 0 Å². The van der Waals surface area contributed by atoms with Gasteiger partial charge in [-0.25, -0.2) is 9.37 Å². The van der Waals surface area contributed by atoms with Gasteiger partial charge in [0.2, 0.25) is 0 Å². The van der Waals surface area contributed by atoms with Gasteiger partial charge >= 0.3 is 0 Å². The van der Waals surface area contributed by atoms with Crippen LogP contribution >= 0.6 is 11.3 Å². The lowest BCUT2D eigenvalue weighted by atomic mass is 10.1. The summed E-state index contributed by atoms with van der Waals surface area (Å²) in [7, 11) is 0. The Bertz CT molecular complexity index is 530. The molecule has 0 saturated heterocycles. The summed E-state index contributed by atoms with van der Waals surface area (Å²) in [5, 5.41) is 4.45. The summed E-state index contributed by atoms with van der Waals surface area (Å²) < 4.78 is 14.2. The fraction of sp³-hybridized carbons (Fsp3) is 0.500. The Balaban J connectivity index is 1.77. The minimum atomic E-state index is -0.214. The summed E-state index contributed by atoms with van der Waals surface area (Å²) in [5.74, 6) is -0.214. The predicted molar refractivity (Wildman–Crippen MR) is 74.7 cm³/mol. The van der Waals surface area contributed by atoms with Gasteiger partial charge in [-0.1, -0.05) is 37.0 Å². The van der Waals surface area contributed by atoms with Crippen LogP contribution in [0.1, 0.15) is 38.5 Å². The topological polar surface area (TPSA) is 24.9 Å². The molecule has 3 rings (SSSR count). The summed E-state index contributed by atoms with van der Waals surface area (Å²) in [4.78, 5) is 4.47. The molecule has 1 saturated carbocycles. The van der Waals surface area contributed by atoms with E-state index in [4.69, 9.17) is 0 Å². The lowest BCUT2D eigenvalue weighted by molar-refractivity contribution is 0.619. The molecular formula is C14H17FN2S. The van der Waals surface area contributed by atoms with Crippen molar-refractivity contribution in [2.45, 2.75) is 44.6 Å². The van der Waals surface area contributed by atoms with E-state index in [9.17, 15) is 4.39 Å². The van der Waals surface area contributed by atoms with Crippen LogP contribution in [0.25, 0.3) is 10.2 Å². The van der Waals surface area contributed by atoms with Gasteiger partial charge in [0.15, 0.2) is 5.13 Å². The van der Waals surface area contributed by atoms with Gasteiger partial charge in [-0.15, -0.1) is 0 Å². The van der Waals surface area contributed by atoms with E-state index in [0.717, 1.165) is 15.3 Å². The monoisotopic (exact) mass is 264 g/mol. The van der Waals surface area contributed by atoms with Crippen LogP contribution in [-0.4, -0.2) is 11.0 Å². The second-order valence-electron chi connectivity index (χ2n) is 4.96. The molecule has 0 radical (unpaired) electrons. The Morgan fingerprint density at radius 2 is 1.94 bits per heavy atom. The van der Waals surface area contributed by atoms with Crippen molar-refractivity contribution in [2.75, 3.05) is 5.32 Å². The molecule has 96 valence electrons. The first-order valence-electron chi connectivity index (χ1n) is 6.64. The zero-order chi connectivity index (χ0) is 12.4. The Kier molecular flexibility index (Phi) is 3.46. The van der Waals surface area contributed by atoms with Crippen LogP contribution in [-0.2, 0) is 0 Å². The van der Waals surface area contributed by atoms with Gasteiger partial charge in [-0.2, -0.15) is 0 Å². The highest BCUT2D eigenvalue weighted by Crippen LogP contribution is 2.28. The second kappa shape index (κ2) is 5.22. The molecule has 1 fully saturated rings. The zero-order valence-corrected chi connectivity index (χ0v) is 11.1. The van der Waals surface area contributed by atoms with E-state index in [-0.39, 0.29) is 5.82 Å². The van der Waals surface area contributed by atoms with Crippen LogP contribution in [0.2, 0.25) is 0 Å². The molecule has 0 unspecified atom stereocenters. The highest BCUT2D eigenvalue weighted by atomic mass is 32.1. The number of benzene rings is 1. The molecule has 0 amide bonds. The molecule has 0 bridgehead atoms. The lowest BCUT2D eigenvalue weighted by Gasteiger charge is -2.14.